The van der Waals surface area contributed by atoms with Crippen molar-refractivity contribution in [1.82, 2.24) is 25.6 Å². The third-order valence-corrected chi connectivity index (χ3v) is 6.77. The van der Waals surface area contributed by atoms with E-state index in [1.54, 1.807) is 0 Å². The van der Waals surface area contributed by atoms with Gasteiger partial charge >= 0.3 is 0 Å². The molecular formula is C24H33N7. The Hall–Kier alpha value is -2.67. The summed E-state index contributed by atoms with van der Waals surface area (Å²) in [6, 6.07) is 2.07. The van der Waals surface area contributed by atoms with Crippen LogP contribution in [0.15, 0.2) is 12.3 Å². The molecule has 2 aromatic rings. The fourth-order valence-corrected chi connectivity index (χ4v) is 4.91. The van der Waals surface area contributed by atoms with Crippen molar-refractivity contribution >= 4 is 23.4 Å². The Balaban J connectivity index is 1.74. The Morgan fingerprint density at radius 3 is 2.77 bits per heavy atom. The third-order valence-electron chi connectivity index (χ3n) is 6.77. The summed E-state index contributed by atoms with van der Waals surface area (Å²) in [7, 11) is 0. The van der Waals surface area contributed by atoms with Crippen LogP contribution in [0.2, 0.25) is 0 Å². The van der Waals surface area contributed by atoms with Crippen molar-refractivity contribution in [2.24, 2.45) is 5.92 Å². The van der Waals surface area contributed by atoms with E-state index < -0.39 is 0 Å². The van der Waals surface area contributed by atoms with Gasteiger partial charge in [-0.3, -0.25) is 0 Å². The van der Waals surface area contributed by atoms with E-state index in [0.29, 0.717) is 5.92 Å². The maximum absolute atomic E-state index is 5.24. The van der Waals surface area contributed by atoms with Crippen LogP contribution in [0.5, 0.6) is 0 Å². The van der Waals surface area contributed by atoms with Crippen molar-refractivity contribution in [3.8, 4) is 11.4 Å². The molecule has 0 saturated carbocycles. The largest absolute Gasteiger partial charge is 0.385 e. The SMILES string of the molecule is CCC(C)C1=c2c(N3CCNCC3)nc(-c3ccnc4c3CC(C)(C)N4)nc2=CNC1. The predicted octanol–water partition coefficient (Wildman–Crippen LogP) is 1.23. The van der Waals surface area contributed by atoms with Crippen LogP contribution in [0.1, 0.15) is 39.7 Å². The summed E-state index contributed by atoms with van der Waals surface area (Å²) in [6.07, 6.45) is 5.97. The van der Waals surface area contributed by atoms with E-state index in [9.17, 15) is 0 Å². The molecule has 31 heavy (non-hydrogen) atoms. The molecule has 164 valence electrons. The maximum Gasteiger partial charge on any atom is 0.162 e. The number of fused-ring (bicyclic) bond motifs is 2. The zero-order valence-corrected chi connectivity index (χ0v) is 19.0. The Morgan fingerprint density at radius 2 is 2.00 bits per heavy atom. The van der Waals surface area contributed by atoms with Crippen LogP contribution in [-0.4, -0.2) is 53.2 Å². The van der Waals surface area contributed by atoms with E-state index in [2.05, 4.69) is 65.8 Å². The molecule has 1 saturated heterocycles. The van der Waals surface area contributed by atoms with Crippen LogP contribution in [-0.2, 0) is 6.42 Å². The van der Waals surface area contributed by atoms with E-state index in [1.807, 2.05) is 6.20 Å². The molecule has 3 aliphatic rings. The van der Waals surface area contributed by atoms with Gasteiger partial charge < -0.3 is 20.9 Å². The van der Waals surface area contributed by atoms with Crippen LogP contribution in [0.4, 0.5) is 11.6 Å². The average molecular weight is 420 g/mol. The van der Waals surface area contributed by atoms with Gasteiger partial charge in [0.15, 0.2) is 5.82 Å². The van der Waals surface area contributed by atoms with Crippen molar-refractivity contribution < 1.29 is 0 Å². The second-order valence-electron chi connectivity index (χ2n) is 9.60. The molecule has 2 aromatic heterocycles. The lowest BCUT2D eigenvalue weighted by molar-refractivity contribution is 0.582. The van der Waals surface area contributed by atoms with Gasteiger partial charge in [0.25, 0.3) is 0 Å². The van der Waals surface area contributed by atoms with E-state index >= 15 is 0 Å². The van der Waals surface area contributed by atoms with Crippen molar-refractivity contribution in [2.45, 2.75) is 46.1 Å². The first-order chi connectivity index (χ1) is 15.0. The minimum Gasteiger partial charge on any atom is -0.385 e. The number of nitrogens with zero attached hydrogens (tertiary/aromatic N) is 4. The Morgan fingerprint density at radius 1 is 1.19 bits per heavy atom. The van der Waals surface area contributed by atoms with Gasteiger partial charge in [0.2, 0.25) is 0 Å². The average Bonchev–Trinajstić information content (AvgIpc) is 3.11. The fraction of sp³-hybridized carbons (Fsp3) is 0.542. The topological polar surface area (TPSA) is 78.0 Å². The summed E-state index contributed by atoms with van der Waals surface area (Å²) in [5.74, 6) is 3.34. The van der Waals surface area contributed by atoms with E-state index in [4.69, 9.17) is 9.97 Å². The molecule has 0 aromatic carbocycles. The lowest BCUT2D eigenvalue weighted by atomic mass is 9.94. The molecule has 3 N–H and O–H groups in total. The van der Waals surface area contributed by atoms with Crippen LogP contribution in [0, 0.1) is 5.92 Å². The monoisotopic (exact) mass is 419 g/mol. The molecule has 1 atom stereocenters. The van der Waals surface area contributed by atoms with Gasteiger partial charge in [-0.1, -0.05) is 13.8 Å². The maximum atomic E-state index is 5.24. The molecule has 7 heteroatoms. The zero-order valence-electron chi connectivity index (χ0n) is 19.0. The predicted molar refractivity (Wildman–Crippen MR) is 126 cm³/mol. The van der Waals surface area contributed by atoms with Gasteiger partial charge in [-0.05, 0) is 44.2 Å². The van der Waals surface area contributed by atoms with Gasteiger partial charge in [0, 0.05) is 67.0 Å². The number of anilines is 2. The summed E-state index contributed by atoms with van der Waals surface area (Å²) >= 11 is 0. The Labute approximate surface area is 184 Å². The summed E-state index contributed by atoms with van der Waals surface area (Å²) in [4.78, 5) is 17.3. The van der Waals surface area contributed by atoms with E-state index in [1.165, 1.54) is 16.4 Å². The first-order valence-electron chi connectivity index (χ1n) is 11.5. The molecule has 1 unspecified atom stereocenters. The lowest BCUT2D eigenvalue weighted by Gasteiger charge is -2.30. The van der Waals surface area contributed by atoms with E-state index in [0.717, 1.165) is 73.9 Å². The van der Waals surface area contributed by atoms with Crippen LogP contribution in [0.3, 0.4) is 0 Å². The normalized spacial score (nSPS) is 20.3. The number of aromatic nitrogens is 3. The summed E-state index contributed by atoms with van der Waals surface area (Å²) in [5, 5.41) is 12.7. The summed E-state index contributed by atoms with van der Waals surface area (Å²) in [5.41, 5.74) is 3.72. The number of pyridine rings is 1. The summed E-state index contributed by atoms with van der Waals surface area (Å²) in [6.45, 7) is 13.8. The number of piperazine rings is 1. The Kier molecular flexibility index (Phi) is 5.08. The smallest absolute Gasteiger partial charge is 0.162 e. The van der Waals surface area contributed by atoms with Crippen LogP contribution in [0.25, 0.3) is 23.2 Å². The third kappa shape index (κ3) is 3.65. The number of hydrogen-bond acceptors (Lipinski definition) is 7. The molecule has 0 radical (unpaired) electrons. The van der Waals surface area contributed by atoms with Gasteiger partial charge in [0.05, 0.1) is 5.35 Å². The highest BCUT2D eigenvalue weighted by molar-refractivity contribution is 5.72. The molecule has 7 nitrogen and oxygen atoms in total. The highest BCUT2D eigenvalue weighted by atomic mass is 15.2. The molecule has 3 aliphatic heterocycles. The first kappa shape index (κ1) is 20.2. The van der Waals surface area contributed by atoms with Gasteiger partial charge in [-0.25, -0.2) is 15.0 Å². The molecule has 5 rings (SSSR count). The quantitative estimate of drug-likeness (QED) is 0.688. The first-order valence-corrected chi connectivity index (χ1v) is 11.5. The second kappa shape index (κ2) is 7.79. The molecule has 0 aliphatic carbocycles. The van der Waals surface area contributed by atoms with E-state index in [-0.39, 0.29) is 5.54 Å². The molecule has 0 spiro atoms. The van der Waals surface area contributed by atoms with Crippen molar-refractivity contribution in [1.29, 1.82) is 0 Å². The van der Waals surface area contributed by atoms with Gasteiger partial charge in [0.1, 0.15) is 11.6 Å². The zero-order chi connectivity index (χ0) is 21.6. The van der Waals surface area contributed by atoms with Gasteiger partial charge in [-0.15, -0.1) is 0 Å². The number of nitrogens with one attached hydrogen (secondary N) is 3. The highest BCUT2D eigenvalue weighted by Gasteiger charge is 2.31. The molecule has 0 amide bonds. The Bertz CT molecular complexity index is 1120. The molecular weight excluding hydrogens is 386 g/mol. The van der Waals surface area contributed by atoms with Crippen LogP contribution >= 0.6 is 0 Å². The molecule has 1 fully saturated rings. The molecule has 0 bridgehead atoms. The van der Waals surface area contributed by atoms with Crippen molar-refractivity contribution in [2.75, 3.05) is 42.9 Å². The van der Waals surface area contributed by atoms with Crippen molar-refractivity contribution in [3.05, 3.63) is 28.4 Å². The van der Waals surface area contributed by atoms with Gasteiger partial charge in [-0.2, -0.15) is 0 Å². The summed E-state index contributed by atoms with van der Waals surface area (Å²) < 4.78 is 0. The molecule has 5 heterocycles. The minimum absolute atomic E-state index is 0.00774. The van der Waals surface area contributed by atoms with Crippen LogP contribution < -0.4 is 31.4 Å². The number of hydrogen-bond donors (Lipinski definition) is 3. The highest BCUT2D eigenvalue weighted by Crippen LogP contribution is 2.36. The number of rotatable bonds is 4. The second-order valence-corrected chi connectivity index (χ2v) is 9.60. The standard InChI is InChI=1S/C24H33N7/c1-5-15(2)18-13-26-14-19-20(18)23(31-10-8-25-9-11-31)29-22(28-19)16-6-7-27-21-17(16)12-24(3,4)30-21/h6-7,14-15,25-26H,5,8-13H2,1-4H3,(H,27,30). The lowest BCUT2D eigenvalue weighted by Crippen LogP contribution is -2.50. The fourth-order valence-electron chi connectivity index (χ4n) is 4.91. The minimum atomic E-state index is -0.00774. The van der Waals surface area contributed by atoms with Crippen molar-refractivity contribution in [3.63, 3.8) is 0 Å².